The van der Waals surface area contributed by atoms with Crippen molar-refractivity contribution in [3.63, 3.8) is 0 Å². The second-order valence-corrected chi connectivity index (χ2v) is 10.0. The van der Waals surface area contributed by atoms with Gasteiger partial charge in [0.25, 0.3) is 0 Å². The number of nitrogens with zero attached hydrogens (tertiary/aromatic N) is 4. The van der Waals surface area contributed by atoms with Crippen LogP contribution in [0.1, 0.15) is 5.69 Å². The Morgan fingerprint density at radius 2 is 1.37 bits per heavy atom. The zero-order valence-electron chi connectivity index (χ0n) is 22.4. The molecule has 0 saturated carbocycles. The number of para-hydroxylation sites is 1. The van der Waals surface area contributed by atoms with Crippen molar-refractivity contribution in [2.24, 2.45) is 0 Å². The molecule has 4 heterocycles. The van der Waals surface area contributed by atoms with Gasteiger partial charge in [0.1, 0.15) is 11.4 Å². The molecule has 0 fully saturated rings. The van der Waals surface area contributed by atoms with E-state index in [0.29, 0.717) is 0 Å². The van der Waals surface area contributed by atoms with E-state index in [1.54, 1.807) is 12.3 Å². The molecule has 0 saturated heterocycles. The fourth-order valence-electron chi connectivity index (χ4n) is 5.37. The van der Waals surface area contributed by atoms with Crippen LogP contribution in [0.4, 0.5) is 0 Å². The quantitative estimate of drug-likeness (QED) is 0.242. The van der Waals surface area contributed by atoms with Gasteiger partial charge in [-0.3, -0.25) is 9.97 Å². The first-order valence-electron chi connectivity index (χ1n) is 13.5. The number of imidazole rings is 1. The Hall–Kier alpha value is -5.55. The number of hydrogen-bond acceptors (Lipinski definition) is 4. The summed E-state index contributed by atoms with van der Waals surface area (Å²) in [6, 6.07) is 36.6. The first-order valence-corrected chi connectivity index (χ1v) is 13.5. The third kappa shape index (κ3) is 4.53. The Morgan fingerprint density at radius 3 is 2.20 bits per heavy atom. The van der Waals surface area contributed by atoms with Gasteiger partial charge in [-0.1, -0.05) is 48.5 Å². The zero-order valence-corrected chi connectivity index (χ0v) is 22.4. The lowest BCUT2D eigenvalue weighted by atomic mass is 9.94. The second kappa shape index (κ2) is 10.2. The molecule has 0 atom stereocenters. The predicted molar refractivity (Wildman–Crippen MR) is 164 cm³/mol. The Kier molecular flexibility index (Phi) is 6.10. The molecular weight excluding hydrogens is 504 g/mol. The average molecular weight is 531 g/mol. The van der Waals surface area contributed by atoms with Crippen LogP contribution in [-0.4, -0.2) is 24.5 Å². The van der Waals surface area contributed by atoms with Gasteiger partial charge in [0.15, 0.2) is 0 Å². The van der Waals surface area contributed by atoms with Crippen LogP contribution in [0.5, 0.6) is 5.75 Å². The van der Waals surface area contributed by atoms with Crippen LogP contribution in [0.2, 0.25) is 0 Å². The maximum absolute atomic E-state index is 10.6. The number of rotatable bonds is 5. The number of aromatic hydroxyl groups is 1. The molecule has 1 N–H and O–H groups in total. The number of phenolic OH excluding ortho intramolecular Hbond substituents is 1. The van der Waals surface area contributed by atoms with Crippen LogP contribution in [0, 0.1) is 6.92 Å². The highest BCUT2D eigenvalue weighted by molar-refractivity contribution is 5.87. The monoisotopic (exact) mass is 530 g/mol. The van der Waals surface area contributed by atoms with Gasteiger partial charge in [0.2, 0.25) is 0 Å². The van der Waals surface area contributed by atoms with Crippen molar-refractivity contribution in [1.82, 2.24) is 19.4 Å². The summed E-state index contributed by atoms with van der Waals surface area (Å²) in [6.07, 6.45) is 7.52. The van der Waals surface area contributed by atoms with E-state index in [1.807, 2.05) is 68.0 Å². The molecule has 0 radical (unpaired) electrons. The standard InChI is InChI=1S/C36H26N4O/c1-24-35(32-12-5-6-14-34(32)41)39-36-31(13-8-18-40(24)36)29-19-28(25-9-3-2-4-10-25)20-30(21-29)33-22-26(15-17-38-33)27-11-7-16-37-23-27/h2-23,41H,1H3. The topological polar surface area (TPSA) is 63.3 Å². The van der Waals surface area contributed by atoms with E-state index in [1.165, 1.54) is 0 Å². The highest BCUT2D eigenvalue weighted by Gasteiger charge is 2.17. The molecule has 41 heavy (non-hydrogen) atoms. The van der Waals surface area contributed by atoms with E-state index in [0.717, 1.165) is 67.2 Å². The molecule has 5 heteroatoms. The molecule has 0 amide bonds. The molecule has 3 aromatic carbocycles. The molecule has 0 aliphatic carbocycles. The van der Waals surface area contributed by atoms with Gasteiger partial charge in [-0.15, -0.1) is 0 Å². The van der Waals surface area contributed by atoms with E-state index in [-0.39, 0.29) is 5.75 Å². The summed E-state index contributed by atoms with van der Waals surface area (Å²) in [6.45, 7) is 2.03. The van der Waals surface area contributed by atoms with E-state index in [4.69, 9.17) is 9.97 Å². The number of hydrogen-bond donors (Lipinski definition) is 1. The van der Waals surface area contributed by atoms with Crippen LogP contribution in [0.15, 0.2) is 134 Å². The molecule has 196 valence electrons. The van der Waals surface area contributed by atoms with Crippen molar-refractivity contribution in [3.8, 4) is 61.6 Å². The normalized spacial score (nSPS) is 11.1. The van der Waals surface area contributed by atoms with Gasteiger partial charge in [0.05, 0.1) is 11.4 Å². The largest absolute Gasteiger partial charge is 0.507 e. The fraction of sp³-hybridized carbons (Fsp3) is 0.0278. The third-order valence-corrected chi connectivity index (χ3v) is 7.45. The summed E-state index contributed by atoms with van der Waals surface area (Å²) < 4.78 is 2.09. The summed E-state index contributed by atoms with van der Waals surface area (Å²) in [4.78, 5) is 14.1. The molecule has 4 aromatic heterocycles. The van der Waals surface area contributed by atoms with Gasteiger partial charge in [-0.25, -0.2) is 4.98 Å². The first kappa shape index (κ1) is 24.5. The highest BCUT2D eigenvalue weighted by Crippen LogP contribution is 2.37. The van der Waals surface area contributed by atoms with Crippen molar-refractivity contribution in [2.75, 3.05) is 0 Å². The summed E-state index contributed by atoms with van der Waals surface area (Å²) >= 11 is 0. The molecule has 0 unspecified atom stereocenters. The molecule has 0 aliphatic rings. The maximum atomic E-state index is 10.6. The first-order chi connectivity index (χ1) is 20.2. The van der Waals surface area contributed by atoms with Crippen LogP contribution in [0.25, 0.3) is 61.5 Å². The number of fused-ring (bicyclic) bond motifs is 1. The lowest BCUT2D eigenvalue weighted by Gasteiger charge is -2.12. The SMILES string of the molecule is Cc1c(-c2ccccc2O)nc2c(-c3cc(-c4ccccc4)cc(-c4cc(-c5cccnc5)ccn4)c3)cccn12. The minimum atomic E-state index is 0.216. The lowest BCUT2D eigenvalue weighted by molar-refractivity contribution is 0.477. The van der Waals surface area contributed by atoms with E-state index in [2.05, 4.69) is 70.0 Å². The Bertz CT molecular complexity index is 2010. The van der Waals surface area contributed by atoms with Crippen molar-refractivity contribution >= 4 is 5.65 Å². The van der Waals surface area contributed by atoms with Gasteiger partial charge < -0.3 is 9.51 Å². The minimum Gasteiger partial charge on any atom is -0.507 e. The van der Waals surface area contributed by atoms with Gasteiger partial charge in [-0.2, -0.15) is 0 Å². The molecule has 0 spiro atoms. The molecule has 0 aliphatic heterocycles. The second-order valence-electron chi connectivity index (χ2n) is 10.0. The summed E-state index contributed by atoms with van der Waals surface area (Å²) in [5.74, 6) is 0.216. The van der Waals surface area contributed by atoms with E-state index >= 15 is 0 Å². The van der Waals surface area contributed by atoms with Crippen LogP contribution in [-0.2, 0) is 0 Å². The summed E-state index contributed by atoms with van der Waals surface area (Å²) in [7, 11) is 0. The fourth-order valence-corrected chi connectivity index (χ4v) is 5.37. The Balaban J connectivity index is 1.43. The van der Waals surface area contributed by atoms with Gasteiger partial charge in [-0.05, 0) is 89.8 Å². The molecule has 5 nitrogen and oxygen atoms in total. The number of pyridine rings is 3. The van der Waals surface area contributed by atoms with Crippen LogP contribution < -0.4 is 0 Å². The van der Waals surface area contributed by atoms with E-state index < -0.39 is 0 Å². The number of aromatic nitrogens is 4. The zero-order chi connectivity index (χ0) is 27.8. The van der Waals surface area contributed by atoms with Gasteiger partial charge in [0, 0.05) is 52.7 Å². The highest BCUT2D eigenvalue weighted by atomic mass is 16.3. The van der Waals surface area contributed by atoms with Gasteiger partial charge >= 0.3 is 0 Å². The van der Waals surface area contributed by atoms with Crippen molar-refractivity contribution < 1.29 is 5.11 Å². The molecule has 7 aromatic rings. The number of phenols is 1. The minimum absolute atomic E-state index is 0.216. The van der Waals surface area contributed by atoms with Crippen molar-refractivity contribution in [2.45, 2.75) is 6.92 Å². The van der Waals surface area contributed by atoms with Crippen molar-refractivity contribution in [3.05, 3.63) is 140 Å². The number of benzene rings is 3. The van der Waals surface area contributed by atoms with Crippen LogP contribution >= 0.6 is 0 Å². The molecule has 0 bridgehead atoms. The number of aryl methyl sites for hydroxylation is 1. The summed E-state index contributed by atoms with van der Waals surface area (Å²) in [5, 5.41) is 10.6. The average Bonchev–Trinajstić information content (AvgIpc) is 3.38. The Morgan fingerprint density at radius 1 is 0.610 bits per heavy atom. The predicted octanol–water partition coefficient (Wildman–Crippen LogP) is 8.47. The molecule has 7 rings (SSSR count). The summed E-state index contributed by atoms with van der Waals surface area (Å²) in [5.41, 5.74) is 11.5. The van der Waals surface area contributed by atoms with Crippen molar-refractivity contribution in [1.29, 1.82) is 0 Å². The van der Waals surface area contributed by atoms with E-state index in [9.17, 15) is 5.11 Å². The van der Waals surface area contributed by atoms with Crippen LogP contribution in [0.3, 0.4) is 0 Å². The third-order valence-electron chi connectivity index (χ3n) is 7.45. The Labute approximate surface area is 238 Å². The molecular formula is C36H26N4O. The maximum Gasteiger partial charge on any atom is 0.145 e. The lowest BCUT2D eigenvalue weighted by Crippen LogP contribution is -1.92. The smallest absolute Gasteiger partial charge is 0.145 e.